The number of hydrogen-bond donors (Lipinski definition) is 3. The quantitative estimate of drug-likeness (QED) is 0.285. The van der Waals surface area contributed by atoms with Crippen molar-refractivity contribution in [2.24, 2.45) is 5.73 Å². The Kier molecular flexibility index (Phi) is 6.33. The van der Waals surface area contributed by atoms with E-state index in [1.54, 1.807) is 0 Å². The standard InChI is InChI=1S/C20H16N2O9S2/c21-18(23)10-12-1-2-13(16(9-12)32(26,27)28)3-4-14-5-6-15(11-17(14)33(29,30)31)22-19(24)7-8-20(22)25/h1-9,11H,10H2,(H2,21,23)(H,26,27,28)(H,29,30,31). The molecule has 0 fully saturated rings. The van der Waals surface area contributed by atoms with Crippen molar-refractivity contribution >= 4 is 55.8 Å². The van der Waals surface area contributed by atoms with Crippen LogP contribution in [0.4, 0.5) is 5.69 Å². The molecule has 0 saturated heterocycles. The van der Waals surface area contributed by atoms with Gasteiger partial charge in [-0.15, -0.1) is 0 Å². The van der Waals surface area contributed by atoms with Gasteiger partial charge in [-0.25, -0.2) is 4.90 Å². The largest absolute Gasteiger partial charge is 0.369 e. The monoisotopic (exact) mass is 492 g/mol. The SMILES string of the molecule is NC(=O)Cc1ccc(C=Cc2ccc(N3C(=O)C=CC3=O)cc2S(=O)(=O)O)c(S(=O)(=O)O)c1. The number of amides is 3. The fourth-order valence-corrected chi connectivity index (χ4v) is 4.55. The van der Waals surface area contributed by atoms with E-state index in [0.29, 0.717) is 4.90 Å². The minimum absolute atomic E-state index is 0.0508. The van der Waals surface area contributed by atoms with Gasteiger partial charge in [0.15, 0.2) is 0 Å². The Balaban J connectivity index is 2.08. The van der Waals surface area contributed by atoms with Crippen molar-refractivity contribution in [3.63, 3.8) is 0 Å². The van der Waals surface area contributed by atoms with E-state index < -0.39 is 47.7 Å². The van der Waals surface area contributed by atoms with Gasteiger partial charge in [-0.05, 0) is 34.9 Å². The smallest absolute Gasteiger partial charge is 0.295 e. The van der Waals surface area contributed by atoms with Crippen LogP contribution in [0.15, 0.2) is 58.3 Å². The summed E-state index contributed by atoms with van der Waals surface area (Å²) >= 11 is 0. The molecule has 0 unspecified atom stereocenters. The topological polar surface area (TPSA) is 189 Å². The number of nitrogens with zero attached hydrogens (tertiary/aromatic N) is 1. The average molecular weight is 492 g/mol. The average Bonchev–Trinajstić information content (AvgIpc) is 3.03. The molecule has 4 N–H and O–H groups in total. The van der Waals surface area contributed by atoms with Crippen LogP contribution in [0.3, 0.4) is 0 Å². The summed E-state index contributed by atoms with van der Waals surface area (Å²) in [5.41, 5.74) is 5.06. The van der Waals surface area contributed by atoms with Gasteiger partial charge in [-0.3, -0.25) is 23.5 Å². The lowest BCUT2D eigenvalue weighted by Gasteiger charge is -2.15. The molecule has 11 nitrogen and oxygen atoms in total. The zero-order valence-corrected chi connectivity index (χ0v) is 18.2. The highest BCUT2D eigenvalue weighted by atomic mass is 32.2. The van der Waals surface area contributed by atoms with Gasteiger partial charge >= 0.3 is 0 Å². The van der Waals surface area contributed by atoms with E-state index in [9.17, 15) is 40.3 Å². The second-order valence-electron chi connectivity index (χ2n) is 6.87. The molecule has 1 aliphatic rings. The molecule has 3 amide bonds. The third kappa shape index (κ3) is 5.40. The minimum atomic E-state index is -4.82. The van der Waals surface area contributed by atoms with Gasteiger partial charge in [0, 0.05) is 12.2 Å². The van der Waals surface area contributed by atoms with E-state index in [1.807, 2.05) is 0 Å². The second-order valence-corrected chi connectivity index (χ2v) is 9.65. The Morgan fingerprint density at radius 1 is 0.848 bits per heavy atom. The molecule has 0 bridgehead atoms. The van der Waals surface area contributed by atoms with Crippen LogP contribution in [-0.4, -0.2) is 43.7 Å². The number of carbonyl (C=O) groups excluding carboxylic acids is 3. The highest BCUT2D eigenvalue weighted by Gasteiger charge is 2.27. The van der Waals surface area contributed by atoms with Crippen LogP contribution in [0.5, 0.6) is 0 Å². The summed E-state index contributed by atoms with van der Waals surface area (Å²) in [4.78, 5) is 34.3. The Morgan fingerprint density at radius 3 is 1.82 bits per heavy atom. The van der Waals surface area contributed by atoms with Crippen molar-refractivity contribution in [1.29, 1.82) is 0 Å². The Morgan fingerprint density at radius 2 is 1.33 bits per heavy atom. The molecule has 0 saturated carbocycles. The van der Waals surface area contributed by atoms with Crippen LogP contribution in [0, 0.1) is 0 Å². The van der Waals surface area contributed by atoms with Crippen LogP contribution >= 0.6 is 0 Å². The Hall–Kier alpha value is -3.65. The third-order valence-electron chi connectivity index (χ3n) is 4.52. The van der Waals surface area contributed by atoms with Gasteiger partial charge < -0.3 is 5.73 Å². The van der Waals surface area contributed by atoms with Gasteiger partial charge in [0.25, 0.3) is 32.1 Å². The van der Waals surface area contributed by atoms with Gasteiger partial charge in [-0.2, -0.15) is 16.8 Å². The van der Waals surface area contributed by atoms with Gasteiger partial charge in [0.05, 0.1) is 12.1 Å². The number of imide groups is 1. The maximum absolute atomic E-state index is 11.9. The number of rotatable bonds is 7. The van der Waals surface area contributed by atoms with Crippen LogP contribution in [0.2, 0.25) is 0 Å². The maximum atomic E-state index is 11.9. The highest BCUT2D eigenvalue weighted by Crippen LogP contribution is 2.28. The molecule has 2 aromatic rings. The molecule has 1 heterocycles. The molecule has 0 atom stereocenters. The van der Waals surface area contributed by atoms with E-state index in [4.69, 9.17) is 5.73 Å². The summed E-state index contributed by atoms with van der Waals surface area (Å²) in [5.74, 6) is -2.11. The fourth-order valence-electron chi connectivity index (χ4n) is 3.11. The van der Waals surface area contributed by atoms with E-state index in [1.165, 1.54) is 24.3 Å². The van der Waals surface area contributed by atoms with Crippen molar-refractivity contribution in [1.82, 2.24) is 0 Å². The van der Waals surface area contributed by atoms with E-state index >= 15 is 0 Å². The first-order valence-electron chi connectivity index (χ1n) is 9.02. The van der Waals surface area contributed by atoms with Crippen molar-refractivity contribution in [3.8, 4) is 0 Å². The fraction of sp³-hybridized carbons (Fsp3) is 0.0500. The summed E-state index contributed by atoms with van der Waals surface area (Å²) in [5, 5.41) is 0. The molecule has 172 valence electrons. The van der Waals surface area contributed by atoms with E-state index in [2.05, 4.69) is 0 Å². The van der Waals surface area contributed by atoms with Crippen LogP contribution in [0.25, 0.3) is 12.2 Å². The minimum Gasteiger partial charge on any atom is -0.369 e. The summed E-state index contributed by atoms with van der Waals surface area (Å²) in [6, 6.07) is 7.08. The Bertz CT molecular complexity index is 1440. The molecule has 0 radical (unpaired) electrons. The molecular weight excluding hydrogens is 476 g/mol. The number of primary amides is 1. The second kappa shape index (κ2) is 8.71. The number of benzene rings is 2. The molecule has 13 heteroatoms. The predicted octanol–water partition coefficient (Wildman–Crippen LogP) is 0.808. The Labute approximate surface area is 188 Å². The van der Waals surface area contributed by atoms with Gasteiger partial charge in [0.1, 0.15) is 9.79 Å². The number of anilines is 1. The normalized spacial score (nSPS) is 14.4. The lowest BCUT2D eigenvalue weighted by molar-refractivity contribution is -0.120. The summed E-state index contributed by atoms with van der Waals surface area (Å²) < 4.78 is 66.5. The van der Waals surface area contributed by atoms with Crippen molar-refractivity contribution in [3.05, 3.63) is 65.2 Å². The maximum Gasteiger partial charge on any atom is 0.295 e. The van der Waals surface area contributed by atoms with Gasteiger partial charge in [0.2, 0.25) is 5.91 Å². The van der Waals surface area contributed by atoms with E-state index in [0.717, 1.165) is 36.4 Å². The zero-order chi connectivity index (χ0) is 24.6. The van der Waals surface area contributed by atoms with Crippen molar-refractivity contribution < 1.29 is 40.3 Å². The molecule has 0 aliphatic carbocycles. The van der Waals surface area contributed by atoms with Crippen molar-refractivity contribution in [2.45, 2.75) is 16.2 Å². The molecular formula is C20H16N2O9S2. The van der Waals surface area contributed by atoms with Crippen LogP contribution < -0.4 is 10.6 Å². The third-order valence-corrected chi connectivity index (χ3v) is 6.34. The molecule has 0 aromatic heterocycles. The molecule has 1 aliphatic heterocycles. The molecule has 3 rings (SSSR count). The highest BCUT2D eigenvalue weighted by molar-refractivity contribution is 7.86. The lowest BCUT2D eigenvalue weighted by Crippen LogP contribution is -2.29. The number of carbonyl (C=O) groups is 3. The summed E-state index contributed by atoms with van der Waals surface area (Å²) in [6.45, 7) is 0. The van der Waals surface area contributed by atoms with Gasteiger partial charge in [-0.1, -0.05) is 30.4 Å². The summed E-state index contributed by atoms with van der Waals surface area (Å²) in [6.07, 6.45) is 4.04. The zero-order valence-electron chi connectivity index (χ0n) is 16.6. The predicted molar refractivity (Wildman–Crippen MR) is 116 cm³/mol. The number of hydrogen-bond acceptors (Lipinski definition) is 7. The molecule has 0 spiro atoms. The van der Waals surface area contributed by atoms with Crippen molar-refractivity contribution in [2.75, 3.05) is 4.90 Å². The summed E-state index contributed by atoms with van der Waals surface area (Å²) in [7, 11) is -9.55. The van der Waals surface area contributed by atoms with Crippen LogP contribution in [-0.2, 0) is 41.0 Å². The first-order valence-corrected chi connectivity index (χ1v) is 11.9. The van der Waals surface area contributed by atoms with E-state index in [-0.39, 0.29) is 28.8 Å². The number of nitrogens with two attached hydrogens (primary N) is 1. The first-order chi connectivity index (χ1) is 15.3. The first kappa shape index (κ1) is 24.0. The lowest BCUT2D eigenvalue weighted by atomic mass is 10.1. The molecule has 2 aromatic carbocycles. The van der Waals surface area contributed by atoms with Crippen LogP contribution in [0.1, 0.15) is 16.7 Å². The molecule has 33 heavy (non-hydrogen) atoms.